The topological polar surface area (TPSA) is 62.4 Å². The number of nitrogens with zero attached hydrogens (tertiary/aromatic N) is 1. The monoisotopic (exact) mass is 354 g/mol. The van der Waals surface area contributed by atoms with Crippen LogP contribution >= 0.6 is 0 Å². The Morgan fingerprint density at radius 2 is 1.85 bits per heavy atom. The Morgan fingerprint density at radius 1 is 1.19 bits per heavy atom. The van der Waals surface area contributed by atoms with Crippen molar-refractivity contribution in [2.24, 2.45) is 0 Å². The maximum atomic E-state index is 12.7. The third kappa shape index (κ3) is 3.39. The van der Waals surface area contributed by atoms with Crippen molar-refractivity contribution in [2.45, 2.75) is 45.6 Å². The van der Waals surface area contributed by atoms with E-state index in [2.05, 4.69) is 34.1 Å². The highest BCUT2D eigenvalue weighted by atomic mass is 16.5. The molecule has 1 N–H and O–H groups in total. The molecule has 3 rings (SSSR count). The number of aromatic amines is 1. The summed E-state index contributed by atoms with van der Waals surface area (Å²) in [5.74, 6) is -0.185. The summed E-state index contributed by atoms with van der Waals surface area (Å²) >= 11 is 0. The van der Waals surface area contributed by atoms with Crippen molar-refractivity contribution >= 4 is 17.4 Å². The first-order valence-corrected chi connectivity index (χ1v) is 9.00. The largest absolute Gasteiger partial charge is 0.458 e. The number of carbonyl (C=O) groups is 2. The van der Waals surface area contributed by atoms with Crippen molar-refractivity contribution in [3.8, 4) is 0 Å². The van der Waals surface area contributed by atoms with Crippen molar-refractivity contribution < 1.29 is 14.3 Å². The molecule has 0 bridgehead atoms. The molecule has 1 aliphatic rings. The number of fused-ring (bicyclic) bond motifs is 1. The molecular formula is C21H26N2O3. The summed E-state index contributed by atoms with van der Waals surface area (Å²) in [5, 5.41) is 0. The van der Waals surface area contributed by atoms with Crippen molar-refractivity contribution in [3.63, 3.8) is 0 Å². The van der Waals surface area contributed by atoms with Crippen LogP contribution in [0.3, 0.4) is 0 Å². The minimum atomic E-state index is -0.397. The number of Topliss-reactive ketones (excluding diaryl/α,β-unsaturated/α-hetero) is 1. The fraction of sp³-hybridized carbons (Fsp3) is 0.429. The van der Waals surface area contributed by atoms with E-state index in [-0.39, 0.29) is 17.8 Å². The number of rotatable bonds is 4. The van der Waals surface area contributed by atoms with Crippen LogP contribution in [0.15, 0.2) is 24.3 Å². The normalized spacial score (nSPS) is 16.5. The lowest BCUT2D eigenvalue weighted by Crippen LogP contribution is -2.18. The molecule has 1 aromatic carbocycles. The van der Waals surface area contributed by atoms with Gasteiger partial charge in [0.25, 0.3) is 0 Å². The molecule has 5 nitrogen and oxygen atoms in total. The number of carbonyl (C=O) groups excluding carboxylic acids is 2. The summed E-state index contributed by atoms with van der Waals surface area (Å²) in [6.07, 6.45) is 0.991. The fourth-order valence-electron chi connectivity index (χ4n) is 3.59. The number of aromatic nitrogens is 1. The van der Waals surface area contributed by atoms with Gasteiger partial charge in [-0.25, -0.2) is 4.79 Å². The Morgan fingerprint density at radius 3 is 2.42 bits per heavy atom. The first kappa shape index (κ1) is 18.2. The summed E-state index contributed by atoms with van der Waals surface area (Å²) in [7, 11) is 4.01. The molecule has 0 saturated carbocycles. The van der Waals surface area contributed by atoms with Gasteiger partial charge in [0.05, 0.1) is 6.10 Å². The third-order valence-electron chi connectivity index (χ3n) is 4.92. The standard InChI is InChI=1S/C21H26N2O3/c1-12(2)26-21(25)20-13(3)19-17(22-20)10-15(11-18(19)24)14-6-8-16(9-7-14)23(4)5/h6-9,12,15,22H,10-11H2,1-5H3/t15-/m0/s1. The van der Waals surface area contributed by atoms with Gasteiger partial charge in [-0.2, -0.15) is 0 Å². The lowest BCUT2D eigenvalue weighted by molar-refractivity contribution is 0.0370. The van der Waals surface area contributed by atoms with Crippen LogP contribution in [0.4, 0.5) is 5.69 Å². The minimum Gasteiger partial charge on any atom is -0.458 e. The average molecular weight is 354 g/mol. The average Bonchev–Trinajstić information content (AvgIpc) is 2.91. The van der Waals surface area contributed by atoms with Crippen molar-refractivity contribution in [1.82, 2.24) is 4.98 Å². The van der Waals surface area contributed by atoms with Crippen molar-refractivity contribution in [3.05, 3.63) is 52.3 Å². The first-order valence-electron chi connectivity index (χ1n) is 9.00. The number of benzene rings is 1. The number of hydrogen-bond donors (Lipinski definition) is 1. The highest BCUT2D eigenvalue weighted by Crippen LogP contribution is 2.35. The van der Waals surface area contributed by atoms with Gasteiger partial charge in [-0.05, 0) is 56.4 Å². The Bertz CT molecular complexity index is 832. The van der Waals surface area contributed by atoms with E-state index in [1.165, 1.54) is 0 Å². The molecule has 1 aromatic heterocycles. The van der Waals surface area contributed by atoms with E-state index >= 15 is 0 Å². The van der Waals surface area contributed by atoms with Crippen LogP contribution in [0.5, 0.6) is 0 Å². The van der Waals surface area contributed by atoms with Crippen LogP contribution in [0.25, 0.3) is 0 Å². The Balaban J connectivity index is 1.88. The van der Waals surface area contributed by atoms with Crippen LogP contribution in [0, 0.1) is 6.92 Å². The predicted molar refractivity (Wildman–Crippen MR) is 102 cm³/mol. The molecule has 0 saturated heterocycles. The summed E-state index contributed by atoms with van der Waals surface area (Å²) in [6.45, 7) is 5.44. The summed E-state index contributed by atoms with van der Waals surface area (Å²) in [6, 6.07) is 8.31. The van der Waals surface area contributed by atoms with Crippen molar-refractivity contribution in [2.75, 3.05) is 19.0 Å². The zero-order valence-corrected chi connectivity index (χ0v) is 16.1. The number of anilines is 1. The zero-order valence-electron chi connectivity index (χ0n) is 16.1. The number of ketones is 1. The van der Waals surface area contributed by atoms with Gasteiger partial charge in [0, 0.05) is 37.5 Å². The van der Waals surface area contributed by atoms with E-state index in [1.54, 1.807) is 0 Å². The minimum absolute atomic E-state index is 0.0882. The van der Waals surface area contributed by atoms with Crippen LogP contribution in [-0.4, -0.2) is 36.9 Å². The van der Waals surface area contributed by atoms with E-state index < -0.39 is 5.97 Å². The van der Waals surface area contributed by atoms with Gasteiger partial charge < -0.3 is 14.6 Å². The summed E-state index contributed by atoms with van der Waals surface area (Å²) in [4.78, 5) is 30.2. The predicted octanol–water partition coefficient (Wildman–Crippen LogP) is 3.87. The Kier molecular flexibility index (Phi) is 4.90. The molecule has 138 valence electrons. The molecule has 26 heavy (non-hydrogen) atoms. The highest BCUT2D eigenvalue weighted by molar-refractivity contribution is 6.03. The smallest absolute Gasteiger partial charge is 0.355 e. The molecule has 0 fully saturated rings. The summed E-state index contributed by atoms with van der Waals surface area (Å²) < 4.78 is 5.29. The van der Waals surface area contributed by atoms with Crippen LogP contribution in [0.2, 0.25) is 0 Å². The second-order valence-electron chi connectivity index (χ2n) is 7.45. The Hall–Kier alpha value is -2.56. The number of ether oxygens (including phenoxy) is 1. The van der Waals surface area contributed by atoms with Crippen LogP contribution < -0.4 is 4.90 Å². The van der Waals surface area contributed by atoms with E-state index in [1.807, 2.05) is 34.9 Å². The van der Waals surface area contributed by atoms with Gasteiger partial charge in [-0.1, -0.05) is 12.1 Å². The highest BCUT2D eigenvalue weighted by Gasteiger charge is 2.32. The number of nitrogens with one attached hydrogen (secondary N) is 1. The number of H-pyrrole nitrogens is 1. The molecule has 5 heteroatoms. The second kappa shape index (κ2) is 6.98. The molecule has 2 aromatic rings. The fourth-order valence-corrected chi connectivity index (χ4v) is 3.59. The second-order valence-corrected chi connectivity index (χ2v) is 7.45. The maximum absolute atomic E-state index is 12.7. The van der Waals surface area contributed by atoms with Gasteiger partial charge >= 0.3 is 5.97 Å². The number of esters is 1. The molecule has 0 unspecified atom stereocenters. The molecular weight excluding hydrogens is 328 g/mol. The zero-order chi connectivity index (χ0) is 19.0. The lowest BCUT2D eigenvalue weighted by Gasteiger charge is -2.23. The van der Waals surface area contributed by atoms with Gasteiger partial charge in [0.2, 0.25) is 0 Å². The third-order valence-corrected chi connectivity index (χ3v) is 4.92. The maximum Gasteiger partial charge on any atom is 0.355 e. The van der Waals surface area contributed by atoms with Crippen molar-refractivity contribution in [1.29, 1.82) is 0 Å². The van der Waals surface area contributed by atoms with E-state index in [4.69, 9.17) is 4.74 Å². The lowest BCUT2D eigenvalue weighted by atomic mass is 9.81. The first-order chi connectivity index (χ1) is 12.3. The molecule has 0 spiro atoms. The van der Waals surface area contributed by atoms with Crippen LogP contribution in [0.1, 0.15) is 63.9 Å². The quantitative estimate of drug-likeness (QED) is 0.847. The Labute approximate surface area is 154 Å². The molecule has 1 heterocycles. The molecule has 1 atom stereocenters. The molecule has 0 aliphatic heterocycles. The molecule has 1 aliphatic carbocycles. The van der Waals surface area contributed by atoms with E-state index in [0.29, 0.717) is 23.2 Å². The molecule has 0 radical (unpaired) electrons. The SMILES string of the molecule is Cc1c(C(=O)OC(C)C)[nH]c2c1C(=O)C[C@@H](c1ccc(N(C)C)cc1)C2. The summed E-state index contributed by atoms with van der Waals surface area (Å²) in [5.41, 5.74) is 4.90. The van der Waals surface area contributed by atoms with E-state index in [0.717, 1.165) is 23.4 Å². The van der Waals surface area contributed by atoms with Gasteiger partial charge in [0.15, 0.2) is 5.78 Å². The van der Waals surface area contributed by atoms with E-state index in [9.17, 15) is 9.59 Å². The van der Waals surface area contributed by atoms with Gasteiger partial charge in [-0.3, -0.25) is 4.79 Å². The van der Waals surface area contributed by atoms with Crippen LogP contribution in [-0.2, 0) is 11.2 Å². The van der Waals surface area contributed by atoms with Gasteiger partial charge in [0.1, 0.15) is 5.69 Å². The molecule has 0 amide bonds. The van der Waals surface area contributed by atoms with Gasteiger partial charge in [-0.15, -0.1) is 0 Å². The number of hydrogen-bond acceptors (Lipinski definition) is 4.